The summed E-state index contributed by atoms with van der Waals surface area (Å²) < 4.78 is 0. The average molecular weight is 162 g/mol. The maximum Gasteiger partial charge on any atom is -0.00377 e. The van der Waals surface area contributed by atoms with Gasteiger partial charge in [0, 0.05) is 0 Å². The van der Waals surface area contributed by atoms with E-state index in [0.29, 0.717) is 0 Å². The molecule has 0 atom stereocenters. The summed E-state index contributed by atoms with van der Waals surface area (Å²) in [7, 11) is 0. The minimum absolute atomic E-state index is 1.12. The van der Waals surface area contributed by atoms with Crippen LogP contribution in [0.15, 0.2) is 29.0 Å². The van der Waals surface area contributed by atoms with Crippen molar-refractivity contribution in [2.45, 2.75) is 46.0 Å². The van der Waals surface area contributed by atoms with Crippen molar-refractivity contribution in [2.75, 3.05) is 0 Å². The first kappa shape index (κ1) is 9.35. The van der Waals surface area contributed by atoms with E-state index in [2.05, 4.69) is 18.7 Å². The maximum absolute atomic E-state index is 3.33. The molecule has 0 N–H and O–H groups in total. The molecule has 0 aliphatic heterocycles. The maximum atomic E-state index is 3.33. The molecular weight excluding hydrogens is 144 g/mol. The van der Waals surface area contributed by atoms with Crippen LogP contribution in [0.4, 0.5) is 0 Å². The first-order chi connectivity index (χ1) is 5.88. The average Bonchev–Trinajstić information content (AvgIpc) is 2.15. The van der Waals surface area contributed by atoms with Gasteiger partial charge in [-0.15, -0.1) is 5.73 Å². The Kier molecular flexibility index (Phi) is 3.90. The van der Waals surface area contributed by atoms with Crippen molar-refractivity contribution >= 4 is 0 Å². The Morgan fingerprint density at radius 3 is 2.92 bits per heavy atom. The molecule has 1 rings (SSSR count). The lowest BCUT2D eigenvalue weighted by Gasteiger charge is -2.12. The van der Waals surface area contributed by atoms with Gasteiger partial charge >= 0.3 is 0 Å². The molecule has 0 aromatic heterocycles. The lowest BCUT2D eigenvalue weighted by atomic mass is 9.93. The van der Waals surface area contributed by atoms with Crippen LogP contribution in [-0.2, 0) is 0 Å². The predicted octanol–water partition coefficient (Wildman–Crippen LogP) is 4.00. The van der Waals surface area contributed by atoms with E-state index < -0.39 is 0 Å². The Labute approximate surface area is 75.7 Å². The highest BCUT2D eigenvalue weighted by molar-refractivity contribution is 5.30. The summed E-state index contributed by atoms with van der Waals surface area (Å²) in [5, 5.41) is 0. The monoisotopic (exact) mass is 162 g/mol. The quantitative estimate of drug-likeness (QED) is 0.538. The van der Waals surface area contributed by atoms with Crippen LogP contribution in [0.5, 0.6) is 0 Å². The van der Waals surface area contributed by atoms with Gasteiger partial charge in [0.25, 0.3) is 0 Å². The fraction of sp³-hybridized carbons (Fsp3) is 0.583. The molecule has 0 amide bonds. The Bertz CT molecular complexity index is 224. The zero-order valence-electron chi connectivity index (χ0n) is 8.19. The van der Waals surface area contributed by atoms with E-state index in [1.54, 1.807) is 5.57 Å². The zero-order chi connectivity index (χ0) is 8.81. The van der Waals surface area contributed by atoms with Crippen LogP contribution < -0.4 is 0 Å². The van der Waals surface area contributed by atoms with Crippen LogP contribution in [0, 0.1) is 0 Å². The summed E-state index contributed by atoms with van der Waals surface area (Å²) in [5.41, 5.74) is 6.28. The Balaban J connectivity index is 2.78. The summed E-state index contributed by atoms with van der Waals surface area (Å²) in [6, 6.07) is 0. The molecule has 0 heteroatoms. The summed E-state index contributed by atoms with van der Waals surface area (Å²) >= 11 is 0. The van der Waals surface area contributed by atoms with Crippen molar-refractivity contribution in [3.05, 3.63) is 29.0 Å². The van der Waals surface area contributed by atoms with Crippen molar-refractivity contribution < 1.29 is 0 Å². The minimum Gasteiger partial charge on any atom is -0.122 e. The highest BCUT2D eigenvalue weighted by Crippen LogP contribution is 2.24. The Hall–Kier alpha value is -0.740. The third-order valence-electron chi connectivity index (χ3n) is 2.35. The smallest absolute Gasteiger partial charge is 0.00377 e. The normalized spacial score (nSPS) is 16.3. The van der Waals surface area contributed by atoms with E-state index in [-0.39, 0.29) is 0 Å². The van der Waals surface area contributed by atoms with Crippen molar-refractivity contribution in [3.63, 3.8) is 0 Å². The van der Waals surface area contributed by atoms with E-state index in [1.165, 1.54) is 31.3 Å². The Morgan fingerprint density at radius 2 is 2.42 bits per heavy atom. The van der Waals surface area contributed by atoms with E-state index in [0.717, 1.165) is 6.42 Å². The van der Waals surface area contributed by atoms with E-state index >= 15 is 0 Å². The van der Waals surface area contributed by atoms with Crippen molar-refractivity contribution in [2.24, 2.45) is 0 Å². The van der Waals surface area contributed by atoms with E-state index in [1.807, 2.05) is 13.0 Å². The molecule has 66 valence electrons. The van der Waals surface area contributed by atoms with Gasteiger partial charge in [-0.3, -0.25) is 0 Å². The number of hydrogen-bond donors (Lipinski definition) is 0. The van der Waals surface area contributed by atoms with Crippen LogP contribution in [0.1, 0.15) is 46.0 Å². The first-order valence-electron chi connectivity index (χ1n) is 4.98. The number of hydrogen-bond acceptors (Lipinski definition) is 0. The second-order valence-corrected chi connectivity index (χ2v) is 3.24. The van der Waals surface area contributed by atoms with Gasteiger partial charge in [-0.25, -0.2) is 0 Å². The lowest BCUT2D eigenvalue weighted by Crippen LogP contribution is -1.94. The van der Waals surface area contributed by atoms with Gasteiger partial charge in [0.15, 0.2) is 0 Å². The van der Waals surface area contributed by atoms with Crippen LogP contribution in [0.25, 0.3) is 0 Å². The van der Waals surface area contributed by atoms with Gasteiger partial charge in [-0.2, -0.15) is 0 Å². The highest BCUT2D eigenvalue weighted by atomic mass is 14.1. The second-order valence-electron chi connectivity index (χ2n) is 3.24. The molecule has 0 heterocycles. The highest BCUT2D eigenvalue weighted by Gasteiger charge is 2.05. The predicted molar refractivity (Wildman–Crippen MR) is 54.1 cm³/mol. The molecule has 0 nitrogen and oxygen atoms in total. The van der Waals surface area contributed by atoms with Crippen LogP contribution in [0.2, 0.25) is 0 Å². The summed E-state index contributed by atoms with van der Waals surface area (Å²) in [6.45, 7) is 4.25. The van der Waals surface area contributed by atoms with E-state index in [4.69, 9.17) is 0 Å². The summed E-state index contributed by atoms with van der Waals surface area (Å²) in [6.07, 6.45) is 10.8. The molecule has 12 heavy (non-hydrogen) atoms. The SMILES string of the molecule is CC=C=C(CC)C1=CCCCC1. The van der Waals surface area contributed by atoms with Crippen LogP contribution >= 0.6 is 0 Å². The van der Waals surface area contributed by atoms with Crippen molar-refractivity contribution in [1.82, 2.24) is 0 Å². The van der Waals surface area contributed by atoms with Crippen molar-refractivity contribution in [1.29, 1.82) is 0 Å². The summed E-state index contributed by atoms with van der Waals surface area (Å²) in [4.78, 5) is 0. The molecule has 0 radical (unpaired) electrons. The standard InChI is InChI=1S/C12H18/c1-3-8-11(4-2)12-9-6-5-7-10-12/h3,9H,4-7,10H2,1-2H3. The number of rotatable bonds is 2. The molecule has 0 aromatic carbocycles. The molecule has 0 saturated carbocycles. The first-order valence-corrected chi connectivity index (χ1v) is 4.98. The van der Waals surface area contributed by atoms with Crippen molar-refractivity contribution in [3.8, 4) is 0 Å². The molecule has 0 saturated heterocycles. The fourth-order valence-electron chi connectivity index (χ4n) is 1.71. The van der Waals surface area contributed by atoms with Crippen LogP contribution in [-0.4, -0.2) is 0 Å². The minimum atomic E-state index is 1.12. The molecule has 0 aromatic rings. The van der Waals surface area contributed by atoms with Gasteiger partial charge in [0.2, 0.25) is 0 Å². The van der Waals surface area contributed by atoms with Crippen LogP contribution in [0.3, 0.4) is 0 Å². The molecule has 1 aliphatic carbocycles. The van der Waals surface area contributed by atoms with Gasteiger partial charge < -0.3 is 0 Å². The Morgan fingerprint density at radius 1 is 1.58 bits per heavy atom. The van der Waals surface area contributed by atoms with E-state index in [9.17, 15) is 0 Å². The van der Waals surface area contributed by atoms with Gasteiger partial charge in [0.05, 0.1) is 0 Å². The van der Waals surface area contributed by atoms with Gasteiger partial charge in [0.1, 0.15) is 0 Å². The topological polar surface area (TPSA) is 0 Å². The third kappa shape index (κ3) is 2.39. The molecule has 0 spiro atoms. The van der Waals surface area contributed by atoms with Gasteiger partial charge in [-0.1, -0.05) is 13.0 Å². The third-order valence-corrected chi connectivity index (χ3v) is 2.35. The largest absolute Gasteiger partial charge is 0.122 e. The molecular formula is C12H18. The lowest BCUT2D eigenvalue weighted by molar-refractivity contribution is 0.702. The molecule has 0 bridgehead atoms. The molecule has 0 unspecified atom stereocenters. The molecule has 0 fully saturated rings. The zero-order valence-corrected chi connectivity index (χ0v) is 8.19. The fourth-order valence-corrected chi connectivity index (χ4v) is 1.71. The molecule has 1 aliphatic rings. The summed E-state index contributed by atoms with van der Waals surface area (Å²) in [5.74, 6) is 0. The van der Waals surface area contributed by atoms with Gasteiger partial charge in [-0.05, 0) is 56.3 Å². The second kappa shape index (κ2) is 5.00. The number of allylic oxidation sites excluding steroid dienone is 3.